The quantitative estimate of drug-likeness (QED) is 0.467. The maximum Gasteiger partial charge on any atom is 0.340 e. The number of fused-ring (bicyclic) bond motifs is 1. The third-order valence-electron chi connectivity index (χ3n) is 5.99. The average molecular weight is 428 g/mol. The molecule has 0 unspecified atom stereocenters. The third kappa shape index (κ3) is 3.99. The number of rotatable bonds is 4. The summed E-state index contributed by atoms with van der Waals surface area (Å²) in [7, 11) is 0. The number of carbonyl (C=O) groups is 1. The lowest BCUT2D eigenvalue weighted by atomic mass is 9.93. The number of H-pyrrole nitrogens is 1. The summed E-state index contributed by atoms with van der Waals surface area (Å²) in [4.78, 5) is 29.5. The fraction of sp³-hybridized carbons (Fsp3) is 0.280. The van der Waals surface area contributed by atoms with Crippen molar-refractivity contribution < 1.29 is 9.53 Å². The summed E-state index contributed by atoms with van der Waals surface area (Å²) in [6.45, 7) is 1.96. The Morgan fingerprint density at radius 3 is 2.84 bits per heavy atom. The molecule has 0 spiro atoms. The summed E-state index contributed by atoms with van der Waals surface area (Å²) < 4.78 is 5.70. The zero-order chi connectivity index (χ0) is 22.1. The number of nitrogens with zero attached hydrogens (tertiary/aromatic N) is 3. The Kier molecular flexibility index (Phi) is 5.41. The Morgan fingerprint density at radius 1 is 1.12 bits per heavy atom. The highest BCUT2D eigenvalue weighted by Crippen LogP contribution is 2.30. The summed E-state index contributed by atoms with van der Waals surface area (Å²) >= 11 is 0. The number of aromatic amines is 1. The van der Waals surface area contributed by atoms with Gasteiger partial charge in [0.05, 0.1) is 34.5 Å². The number of hydrogen-bond donors (Lipinski definition) is 2. The highest BCUT2D eigenvalue weighted by atomic mass is 16.5. The molecule has 0 aliphatic heterocycles. The summed E-state index contributed by atoms with van der Waals surface area (Å²) in [5.74, 6) is -0.378. The van der Waals surface area contributed by atoms with Crippen LogP contribution in [-0.2, 0) is 4.74 Å². The first-order valence-electron chi connectivity index (χ1n) is 10.9. The van der Waals surface area contributed by atoms with E-state index >= 15 is 0 Å². The Balaban J connectivity index is 1.46. The van der Waals surface area contributed by atoms with E-state index in [1.165, 1.54) is 0 Å². The summed E-state index contributed by atoms with van der Waals surface area (Å²) in [6.07, 6.45) is 6.82. The van der Waals surface area contributed by atoms with Gasteiger partial charge in [0.1, 0.15) is 6.10 Å². The predicted molar refractivity (Wildman–Crippen MR) is 123 cm³/mol. The summed E-state index contributed by atoms with van der Waals surface area (Å²) in [5, 5.41) is 0.844. The van der Waals surface area contributed by atoms with E-state index in [4.69, 9.17) is 10.5 Å². The zero-order valence-electron chi connectivity index (χ0n) is 17.9. The molecule has 7 heteroatoms. The lowest BCUT2D eigenvalue weighted by molar-refractivity contribution is 0.0151. The number of esters is 1. The zero-order valence-corrected chi connectivity index (χ0v) is 17.9. The minimum absolute atomic E-state index is 0.0963. The Bertz CT molecular complexity index is 1280. The number of hydrogen-bond acceptors (Lipinski definition) is 6. The normalized spacial score (nSPS) is 18.6. The minimum Gasteiger partial charge on any atom is -0.457 e. The molecule has 1 aliphatic carbocycles. The van der Waals surface area contributed by atoms with Gasteiger partial charge in [-0.15, -0.1) is 0 Å². The van der Waals surface area contributed by atoms with Gasteiger partial charge in [-0.05, 0) is 56.5 Å². The monoisotopic (exact) mass is 427 g/mol. The fourth-order valence-corrected chi connectivity index (χ4v) is 4.26. The number of benzene rings is 1. The molecular formula is C25H25N5O2. The van der Waals surface area contributed by atoms with Crippen molar-refractivity contribution in [2.24, 2.45) is 5.73 Å². The topological polar surface area (TPSA) is 107 Å². The molecule has 5 rings (SSSR count). The van der Waals surface area contributed by atoms with Crippen LogP contribution in [0.3, 0.4) is 0 Å². The van der Waals surface area contributed by atoms with Crippen LogP contribution in [0.5, 0.6) is 0 Å². The lowest BCUT2D eigenvalue weighted by Gasteiger charge is -2.28. The molecule has 3 aromatic heterocycles. The van der Waals surface area contributed by atoms with E-state index in [0.29, 0.717) is 5.56 Å². The van der Waals surface area contributed by atoms with Crippen molar-refractivity contribution in [1.82, 2.24) is 19.9 Å². The first-order valence-corrected chi connectivity index (χ1v) is 10.9. The number of aryl methyl sites for hydroxylation is 1. The van der Waals surface area contributed by atoms with Gasteiger partial charge in [-0.2, -0.15) is 0 Å². The van der Waals surface area contributed by atoms with Crippen LogP contribution in [-0.4, -0.2) is 38.1 Å². The lowest BCUT2D eigenvalue weighted by Crippen LogP contribution is -2.40. The number of aromatic nitrogens is 4. The third-order valence-corrected chi connectivity index (χ3v) is 5.99. The predicted octanol–water partition coefficient (Wildman–Crippen LogP) is 4.42. The SMILES string of the molecule is Cc1cccc(-c2[nH]cnc2-c2ccc3ncc(C(=O)O[C@H]4CCCC[C@H]4N)cc3c2)n1. The van der Waals surface area contributed by atoms with Gasteiger partial charge in [-0.1, -0.05) is 18.6 Å². The van der Waals surface area contributed by atoms with Crippen molar-refractivity contribution in [3.63, 3.8) is 0 Å². The second-order valence-electron chi connectivity index (χ2n) is 8.31. The first-order chi connectivity index (χ1) is 15.6. The Morgan fingerprint density at radius 2 is 2.00 bits per heavy atom. The molecule has 1 fully saturated rings. The number of nitrogens with one attached hydrogen (secondary N) is 1. The van der Waals surface area contributed by atoms with Gasteiger partial charge in [0, 0.05) is 28.9 Å². The molecule has 4 aromatic rings. The van der Waals surface area contributed by atoms with Crippen molar-refractivity contribution in [1.29, 1.82) is 0 Å². The summed E-state index contributed by atoms with van der Waals surface area (Å²) in [5.41, 5.74) is 11.7. The highest BCUT2D eigenvalue weighted by Gasteiger charge is 2.26. The molecule has 1 aromatic carbocycles. The molecule has 1 saturated carbocycles. The van der Waals surface area contributed by atoms with E-state index < -0.39 is 0 Å². The number of imidazole rings is 1. The van der Waals surface area contributed by atoms with Crippen LogP contribution >= 0.6 is 0 Å². The largest absolute Gasteiger partial charge is 0.457 e. The number of ether oxygens (including phenoxy) is 1. The molecule has 0 saturated heterocycles. The van der Waals surface area contributed by atoms with Crippen molar-refractivity contribution in [3.05, 3.63) is 66.2 Å². The van der Waals surface area contributed by atoms with Crippen LogP contribution in [0.15, 0.2) is 55.0 Å². The van der Waals surface area contributed by atoms with Gasteiger partial charge >= 0.3 is 5.97 Å². The van der Waals surface area contributed by atoms with Crippen LogP contribution in [0.4, 0.5) is 0 Å². The maximum atomic E-state index is 12.7. The highest BCUT2D eigenvalue weighted by molar-refractivity contribution is 5.95. The van der Waals surface area contributed by atoms with Gasteiger partial charge in [0.15, 0.2) is 0 Å². The Labute approximate surface area is 186 Å². The van der Waals surface area contributed by atoms with E-state index in [2.05, 4.69) is 19.9 Å². The molecule has 7 nitrogen and oxygen atoms in total. The van der Waals surface area contributed by atoms with Crippen molar-refractivity contribution in [2.45, 2.75) is 44.8 Å². The van der Waals surface area contributed by atoms with Gasteiger partial charge < -0.3 is 15.5 Å². The molecule has 0 bridgehead atoms. The first kappa shape index (κ1) is 20.3. The second kappa shape index (κ2) is 8.51. The molecule has 162 valence electrons. The molecule has 0 amide bonds. The number of pyridine rings is 2. The molecule has 0 radical (unpaired) electrons. The molecular weight excluding hydrogens is 402 g/mol. The van der Waals surface area contributed by atoms with Crippen LogP contribution in [0.2, 0.25) is 0 Å². The molecule has 1 aliphatic rings. The van der Waals surface area contributed by atoms with Crippen LogP contribution < -0.4 is 5.73 Å². The van der Waals surface area contributed by atoms with E-state index in [-0.39, 0.29) is 18.1 Å². The molecule has 3 heterocycles. The van der Waals surface area contributed by atoms with Gasteiger partial charge in [0.25, 0.3) is 0 Å². The molecule has 32 heavy (non-hydrogen) atoms. The standard InChI is InChI=1S/C25H25N5O2/c1-15-5-4-7-21(30-15)24-23(28-14-29-24)16-9-10-20-17(11-16)12-18(13-27-20)25(31)32-22-8-3-2-6-19(22)26/h4-5,7,9-14,19,22H,2-3,6,8,26H2,1H3,(H,28,29)/t19-,22+/m1/s1. The van der Waals surface area contributed by atoms with E-state index in [0.717, 1.165) is 64.9 Å². The van der Waals surface area contributed by atoms with Crippen molar-refractivity contribution >= 4 is 16.9 Å². The molecule has 3 N–H and O–H groups in total. The average Bonchev–Trinajstić information content (AvgIpc) is 3.30. The maximum absolute atomic E-state index is 12.7. The van der Waals surface area contributed by atoms with Crippen LogP contribution in [0.1, 0.15) is 41.7 Å². The molecule has 2 atom stereocenters. The summed E-state index contributed by atoms with van der Waals surface area (Å²) in [6, 6.07) is 13.5. The number of nitrogens with two attached hydrogens (primary N) is 1. The van der Waals surface area contributed by atoms with E-state index in [1.807, 2.05) is 49.4 Å². The van der Waals surface area contributed by atoms with Gasteiger partial charge in [-0.25, -0.2) is 9.78 Å². The van der Waals surface area contributed by atoms with Crippen molar-refractivity contribution in [3.8, 4) is 22.6 Å². The van der Waals surface area contributed by atoms with E-state index in [1.54, 1.807) is 12.5 Å². The minimum atomic E-state index is -0.378. The second-order valence-corrected chi connectivity index (χ2v) is 8.31. The fourth-order valence-electron chi connectivity index (χ4n) is 4.26. The Hall–Kier alpha value is -3.58. The van der Waals surface area contributed by atoms with Crippen LogP contribution in [0, 0.1) is 6.92 Å². The van der Waals surface area contributed by atoms with Crippen LogP contribution in [0.25, 0.3) is 33.5 Å². The van der Waals surface area contributed by atoms with E-state index in [9.17, 15) is 4.79 Å². The smallest absolute Gasteiger partial charge is 0.340 e. The van der Waals surface area contributed by atoms with Gasteiger partial charge in [0.2, 0.25) is 0 Å². The van der Waals surface area contributed by atoms with Gasteiger partial charge in [-0.3, -0.25) is 9.97 Å². The van der Waals surface area contributed by atoms with Crippen molar-refractivity contribution in [2.75, 3.05) is 0 Å². The number of carbonyl (C=O) groups excluding carboxylic acids is 1.